The Kier molecular flexibility index (Phi) is 15.3. The standard InChI is InChI=1S/C44H64F2N4O10/c1-10-33-44(8)36(50(41(55)60-44)21-15-14-20-49-24-32(48-25-49)30-16-12-11-13-17-30)28(4)34(51)26(2)23-42(6,56-9)38(29(5)37(53)43(7,46)40(54)58-33)59-39-35(52)31(47-19-18-45)22-27(3)57-39/h11-13,16-17,24-29,31,33,35-36,38-39,47,52H,10,14-15,18-23H2,1-9H3/t26-,27-,28+,29+,31+,33-,35+,36?,38-,39+,42-,43+,44-/m1/s1. The number of aryl methyl sites for hydroxylation is 1. The van der Waals surface area contributed by atoms with Crippen molar-refractivity contribution < 1.29 is 56.7 Å². The summed E-state index contributed by atoms with van der Waals surface area (Å²) in [5.74, 6) is -6.01. The van der Waals surface area contributed by atoms with E-state index in [0.717, 1.165) is 18.2 Å². The molecule has 0 spiro atoms. The third kappa shape index (κ3) is 9.77. The molecule has 16 heteroatoms. The van der Waals surface area contributed by atoms with E-state index in [1.54, 1.807) is 47.9 Å². The van der Waals surface area contributed by atoms with Gasteiger partial charge in [0.2, 0.25) is 0 Å². The molecule has 3 aliphatic rings. The minimum Gasteiger partial charge on any atom is -0.455 e. The number of halogens is 2. The van der Waals surface area contributed by atoms with Gasteiger partial charge in [-0.3, -0.25) is 9.59 Å². The van der Waals surface area contributed by atoms with Gasteiger partial charge in [0.25, 0.3) is 5.67 Å². The number of unbranched alkanes of at least 4 members (excludes halogenated alkanes) is 1. The number of ether oxygens (including phenoxy) is 5. The maximum atomic E-state index is 16.9. The van der Waals surface area contributed by atoms with Gasteiger partial charge in [-0.1, -0.05) is 58.0 Å². The van der Waals surface area contributed by atoms with E-state index in [1.165, 1.54) is 18.9 Å². The van der Waals surface area contributed by atoms with Gasteiger partial charge in [-0.05, 0) is 59.8 Å². The van der Waals surface area contributed by atoms with Crippen molar-refractivity contribution in [3.05, 3.63) is 42.9 Å². The first-order valence-electron chi connectivity index (χ1n) is 21.2. The maximum Gasteiger partial charge on any atom is 0.410 e. The number of imidazole rings is 1. The van der Waals surface area contributed by atoms with Crippen molar-refractivity contribution in [2.45, 2.75) is 154 Å². The molecule has 2 aromatic rings. The van der Waals surface area contributed by atoms with Crippen LogP contribution in [0.2, 0.25) is 0 Å². The molecule has 3 fully saturated rings. The number of nitrogens with one attached hydrogen (secondary N) is 1. The van der Waals surface area contributed by atoms with Crippen molar-refractivity contribution in [2.75, 3.05) is 26.9 Å². The number of alkyl halides is 2. The van der Waals surface area contributed by atoms with Gasteiger partial charge in [-0.2, -0.15) is 0 Å². The molecule has 0 bridgehead atoms. The molecule has 0 saturated carbocycles. The highest BCUT2D eigenvalue weighted by atomic mass is 19.1. The van der Waals surface area contributed by atoms with Crippen LogP contribution in [0.15, 0.2) is 42.9 Å². The van der Waals surface area contributed by atoms with E-state index in [4.69, 9.17) is 23.7 Å². The second-order valence-corrected chi connectivity index (χ2v) is 17.4. The third-order valence-electron chi connectivity index (χ3n) is 12.8. The van der Waals surface area contributed by atoms with Gasteiger partial charge in [0, 0.05) is 62.3 Å². The SMILES string of the molecule is CC[C@H]1OC(=O)[C@@](C)(F)C(=O)[C@H](C)[C@@H](O[C@@H]2O[C@H](C)C[C@H](NCCF)[C@@H]2O)[C@](C)(OC)C[C@@H](C)C(=O)[C@H](C)C2N(CCCCn3cnc(-c4ccccc4)c3)C(=O)O[C@@]21C. The molecule has 3 aliphatic heterocycles. The zero-order chi connectivity index (χ0) is 44.2. The Balaban J connectivity index is 1.45. The summed E-state index contributed by atoms with van der Waals surface area (Å²) >= 11 is 0. The van der Waals surface area contributed by atoms with E-state index < -0.39 is 102 Å². The number of aliphatic hydroxyl groups excluding tert-OH is 1. The molecule has 0 aliphatic carbocycles. The number of nitrogens with zero attached hydrogens (tertiary/aromatic N) is 3. The van der Waals surface area contributed by atoms with Crippen LogP contribution in [0, 0.1) is 17.8 Å². The van der Waals surface area contributed by atoms with E-state index >= 15 is 4.39 Å². The lowest BCUT2D eigenvalue weighted by molar-refractivity contribution is -0.290. The summed E-state index contributed by atoms with van der Waals surface area (Å²) in [7, 11) is 1.37. The van der Waals surface area contributed by atoms with Crippen LogP contribution in [-0.2, 0) is 44.6 Å². The van der Waals surface area contributed by atoms with Crippen molar-refractivity contribution in [3.8, 4) is 11.3 Å². The highest BCUT2D eigenvalue weighted by Gasteiger charge is 2.61. The largest absolute Gasteiger partial charge is 0.455 e. The highest BCUT2D eigenvalue weighted by molar-refractivity contribution is 6.08. The minimum absolute atomic E-state index is 0.0241. The van der Waals surface area contributed by atoms with Gasteiger partial charge in [-0.25, -0.2) is 23.4 Å². The number of cyclic esters (lactones) is 1. The van der Waals surface area contributed by atoms with Gasteiger partial charge in [0.15, 0.2) is 17.7 Å². The maximum absolute atomic E-state index is 16.9. The Morgan fingerprint density at radius 1 is 1.02 bits per heavy atom. The first-order chi connectivity index (χ1) is 28.3. The molecule has 60 heavy (non-hydrogen) atoms. The summed E-state index contributed by atoms with van der Waals surface area (Å²) in [6.07, 6.45) is -1.23. The lowest BCUT2D eigenvalue weighted by Gasteiger charge is -2.46. The number of hydrogen-bond acceptors (Lipinski definition) is 12. The summed E-state index contributed by atoms with van der Waals surface area (Å²) < 4.78 is 62.3. The Hall–Kier alpha value is -3.83. The molecule has 14 nitrogen and oxygen atoms in total. The topological polar surface area (TPSA) is 168 Å². The molecule has 3 saturated heterocycles. The van der Waals surface area contributed by atoms with Gasteiger partial charge in [-0.15, -0.1) is 0 Å². The van der Waals surface area contributed by atoms with Gasteiger partial charge >= 0.3 is 12.1 Å². The van der Waals surface area contributed by atoms with Crippen molar-refractivity contribution in [3.63, 3.8) is 0 Å². The number of amides is 1. The van der Waals surface area contributed by atoms with Crippen molar-refractivity contribution in [1.29, 1.82) is 0 Å². The fourth-order valence-electron chi connectivity index (χ4n) is 9.48. The molecular weight excluding hydrogens is 782 g/mol. The number of fused-ring (bicyclic) bond motifs is 1. The summed E-state index contributed by atoms with van der Waals surface area (Å²) in [4.78, 5) is 62.7. The van der Waals surface area contributed by atoms with Crippen LogP contribution in [0.3, 0.4) is 0 Å². The molecule has 5 rings (SSSR count). The predicted octanol–water partition coefficient (Wildman–Crippen LogP) is 5.62. The number of benzene rings is 1. The molecule has 4 heterocycles. The molecule has 1 unspecified atom stereocenters. The van der Waals surface area contributed by atoms with E-state index in [-0.39, 0.29) is 31.7 Å². The Labute approximate surface area is 352 Å². The van der Waals surface area contributed by atoms with Crippen LogP contribution in [0.25, 0.3) is 11.3 Å². The van der Waals surface area contributed by atoms with Crippen LogP contribution >= 0.6 is 0 Å². The monoisotopic (exact) mass is 846 g/mol. The number of carbonyl (C=O) groups excluding carboxylic acids is 4. The van der Waals surface area contributed by atoms with E-state index in [9.17, 15) is 28.7 Å². The highest BCUT2D eigenvalue weighted by Crippen LogP contribution is 2.43. The molecule has 13 atom stereocenters. The van der Waals surface area contributed by atoms with Gasteiger partial charge in [0.1, 0.15) is 24.7 Å². The Bertz CT molecular complexity index is 1800. The first kappa shape index (κ1) is 47.2. The number of methoxy groups -OCH3 is 1. The summed E-state index contributed by atoms with van der Waals surface area (Å²) in [6.45, 7) is 12.4. The Morgan fingerprint density at radius 2 is 1.70 bits per heavy atom. The first-order valence-corrected chi connectivity index (χ1v) is 21.2. The predicted molar refractivity (Wildman–Crippen MR) is 217 cm³/mol. The normalized spacial score (nSPS) is 37.0. The second-order valence-electron chi connectivity index (χ2n) is 17.4. The third-order valence-corrected chi connectivity index (χ3v) is 12.8. The van der Waals surface area contributed by atoms with Crippen LogP contribution < -0.4 is 5.32 Å². The number of hydrogen-bond donors (Lipinski definition) is 2. The van der Waals surface area contributed by atoms with Gasteiger partial charge in [0.05, 0.1) is 35.9 Å². The molecular formula is C44H64F2N4O10. The zero-order valence-corrected chi connectivity index (χ0v) is 36.4. The average Bonchev–Trinajstić information content (AvgIpc) is 3.80. The number of rotatable bonds is 13. The summed E-state index contributed by atoms with van der Waals surface area (Å²) in [6, 6.07) is 8.23. The van der Waals surface area contributed by atoms with E-state index in [1.807, 2.05) is 41.1 Å². The van der Waals surface area contributed by atoms with Crippen molar-refractivity contribution >= 4 is 23.6 Å². The molecule has 1 aromatic carbocycles. The minimum atomic E-state index is -3.22. The quantitative estimate of drug-likeness (QED) is 0.145. The molecule has 1 aromatic heterocycles. The van der Waals surface area contributed by atoms with Crippen LogP contribution in [0.4, 0.5) is 13.6 Å². The Morgan fingerprint density at radius 3 is 2.35 bits per heavy atom. The average molecular weight is 847 g/mol. The second kappa shape index (κ2) is 19.5. The fourth-order valence-corrected chi connectivity index (χ4v) is 9.48. The number of aliphatic hydroxyl groups is 1. The zero-order valence-electron chi connectivity index (χ0n) is 36.4. The smallest absolute Gasteiger partial charge is 0.410 e. The van der Waals surface area contributed by atoms with Crippen LogP contribution in [-0.4, -0.2) is 130 Å². The molecule has 1 amide bonds. The number of carbonyl (C=O) groups is 4. The van der Waals surface area contributed by atoms with E-state index in [0.29, 0.717) is 25.8 Å². The van der Waals surface area contributed by atoms with Crippen molar-refractivity contribution in [1.82, 2.24) is 19.8 Å². The number of Topliss-reactive ketones (excluding diaryl/α,β-unsaturated/α-hetero) is 2. The summed E-state index contributed by atoms with van der Waals surface area (Å²) in [5, 5.41) is 14.3. The number of aromatic nitrogens is 2. The number of esters is 1. The van der Waals surface area contributed by atoms with Crippen LogP contribution in [0.1, 0.15) is 87.5 Å². The van der Waals surface area contributed by atoms with E-state index in [2.05, 4.69) is 10.3 Å². The molecule has 2 N–H and O–H groups in total. The molecule has 0 radical (unpaired) electrons. The van der Waals surface area contributed by atoms with Gasteiger partial charge < -0.3 is 43.6 Å². The van der Waals surface area contributed by atoms with Crippen LogP contribution in [0.5, 0.6) is 0 Å². The lowest BCUT2D eigenvalue weighted by Crippen LogP contribution is -2.62. The lowest BCUT2D eigenvalue weighted by atomic mass is 9.73. The summed E-state index contributed by atoms with van der Waals surface area (Å²) in [5.41, 5.74) is -4.50. The number of ketones is 2. The van der Waals surface area contributed by atoms with Crippen molar-refractivity contribution in [2.24, 2.45) is 17.8 Å². The molecule has 334 valence electrons. The fraction of sp³-hybridized carbons (Fsp3) is 0.705.